The molecule has 0 aliphatic carbocycles. The number of nitrogens with two attached hydrogens (primary N) is 1. The molecular weight excluding hydrogens is 243 g/mol. The highest BCUT2D eigenvalue weighted by atomic mass is 19.1. The Morgan fingerprint density at radius 2 is 2.11 bits per heavy atom. The maximum Gasteiger partial charge on any atom is 0.165 e. The van der Waals surface area contributed by atoms with E-state index in [-0.39, 0.29) is 17.0 Å². The molecule has 0 spiro atoms. The monoisotopic (exact) mass is 268 g/mol. The second-order valence-electron chi connectivity index (χ2n) is 5.51. The number of benzene rings is 1. The molecule has 0 aliphatic heterocycles. The highest BCUT2D eigenvalue weighted by molar-refractivity contribution is 5.29. The van der Waals surface area contributed by atoms with Crippen molar-refractivity contribution in [3.63, 3.8) is 0 Å². The van der Waals surface area contributed by atoms with Gasteiger partial charge in [-0.3, -0.25) is 0 Å². The predicted molar refractivity (Wildman–Crippen MR) is 76.7 cm³/mol. The van der Waals surface area contributed by atoms with E-state index in [1.807, 2.05) is 13.1 Å². The van der Waals surface area contributed by atoms with Crippen LogP contribution < -0.4 is 10.5 Å². The zero-order chi connectivity index (χ0) is 14.5. The van der Waals surface area contributed by atoms with Crippen LogP contribution in [0, 0.1) is 11.2 Å². The van der Waals surface area contributed by atoms with Crippen LogP contribution in [-0.2, 0) is 6.54 Å². The van der Waals surface area contributed by atoms with Gasteiger partial charge in [0.15, 0.2) is 11.6 Å². The molecule has 0 radical (unpaired) electrons. The van der Waals surface area contributed by atoms with E-state index in [4.69, 9.17) is 10.5 Å². The minimum Gasteiger partial charge on any atom is -0.494 e. The van der Waals surface area contributed by atoms with Crippen LogP contribution >= 0.6 is 0 Å². The van der Waals surface area contributed by atoms with E-state index in [0.717, 1.165) is 18.5 Å². The molecule has 0 amide bonds. The van der Waals surface area contributed by atoms with Gasteiger partial charge in [0.2, 0.25) is 0 Å². The smallest absolute Gasteiger partial charge is 0.165 e. The molecule has 1 aromatic carbocycles. The third-order valence-corrected chi connectivity index (χ3v) is 3.67. The van der Waals surface area contributed by atoms with Gasteiger partial charge in [0, 0.05) is 13.1 Å². The molecule has 0 aromatic heterocycles. The lowest BCUT2D eigenvalue weighted by atomic mass is 9.87. The first kappa shape index (κ1) is 15.9. The van der Waals surface area contributed by atoms with Crippen molar-refractivity contribution in [3.8, 4) is 5.75 Å². The fraction of sp³-hybridized carbons (Fsp3) is 0.600. The summed E-state index contributed by atoms with van der Waals surface area (Å²) in [5.41, 5.74) is 6.87. The summed E-state index contributed by atoms with van der Waals surface area (Å²) in [6, 6.07) is 5.09. The summed E-state index contributed by atoms with van der Waals surface area (Å²) in [5.74, 6) is -0.0303. The van der Waals surface area contributed by atoms with Crippen LogP contribution in [0.25, 0.3) is 0 Å². The highest BCUT2D eigenvalue weighted by Crippen LogP contribution is 2.22. The van der Waals surface area contributed by atoms with Gasteiger partial charge in [-0.2, -0.15) is 0 Å². The third-order valence-electron chi connectivity index (χ3n) is 3.67. The Morgan fingerprint density at radius 3 is 2.58 bits per heavy atom. The Labute approximate surface area is 115 Å². The van der Waals surface area contributed by atoms with E-state index < -0.39 is 0 Å². The summed E-state index contributed by atoms with van der Waals surface area (Å²) < 4.78 is 18.5. The Bertz CT molecular complexity index is 405. The van der Waals surface area contributed by atoms with Gasteiger partial charge in [-0.25, -0.2) is 4.39 Å². The lowest BCUT2D eigenvalue weighted by Crippen LogP contribution is -2.38. The summed E-state index contributed by atoms with van der Waals surface area (Å²) in [4.78, 5) is 2.18. The van der Waals surface area contributed by atoms with Crippen LogP contribution in [0.1, 0.15) is 25.8 Å². The molecule has 0 saturated heterocycles. The van der Waals surface area contributed by atoms with Crippen LogP contribution in [-0.4, -0.2) is 32.1 Å². The molecule has 0 saturated carbocycles. The number of hydrogen-bond donors (Lipinski definition) is 1. The topological polar surface area (TPSA) is 38.5 Å². The number of halogens is 1. The standard InChI is InChI=1S/C15H25FN2O/c1-5-15(2,10-17)11-18(3)9-12-6-7-14(19-4)13(16)8-12/h6-8H,5,9-11,17H2,1-4H3. The molecule has 3 nitrogen and oxygen atoms in total. The quantitative estimate of drug-likeness (QED) is 0.826. The fourth-order valence-electron chi connectivity index (χ4n) is 2.15. The van der Waals surface area contributed by atoms with E-state index in [1.54, 1.807) is 6.07 Å². The number of methoxy groups -OCH3 is 1. The minimum absolute atomic E-state index is 0.111. The number of nitrogens with zero attached hydrogens (tertiary/aromatic N) is 1. The van der Waals surface area contributed by atoms with Crippen molar-refractivity contribution >= 4 is 0 Å². The van der Waals surface area contributed by atoms with Crippen molar-refractivity contribution in [2.45, 2.75) is 26.8 Å². The lowest BCUT2D eigenvalue weighted by Gasteiger charge is -2.31. The lowest BCUT2D eigenvalue weighted by molar-refractivity contribution is 0.186. The Morgan fingerprint density at radius 1 is 1.42 bits per heavy atom. The molecule has 0 fully saturated rings. The molecule has 1 rings (SSSR count). The van der Waals surface area contributed by atoms with E-state index >= 15 is 0 Å². The van der Waals surface area contributed by atoms with Crippen molar-refractivity contribution in [3.05, 3.63) is 29.6 Å². The van der Waals surface area contributed by atoms with Gasteiger partial charge >= 0.3 is 0 Å². The van der Waals surface area contributed by atoms with Gasteiger partial charge in [0.25, 0.3) is 0 Å². The number of hydrogen-bond acceptors (Lipinski definition) is 3. The molecule has 4 heteroatoms. The average Bonchev–Trinajstić information content (AvgIpc) is 2.38. The van der Waals surface area contributed by atoms with Crippen molar-refractivity contribution in [1.82, 2.24) is 4.90 Å². The average molecular weight is 268 g/mol. The van der Waals surface area contributed by atoms with Crippen LogP contribution in [0.2, 0.25) is 0 Å². The summed E-state index contributed by atoms with van der Waals surface area (Å²) in [5, 5.41) is 0. The van der Waals surface area contributed by atoms with Crippen molar-refractivity contribution in [2.75, 3.05) is 27.2 Å². The molecule has 0 heterocycles. The normalized spacial score (nSPS) is 14.5. The van der Waals surface area contributed by atoms with Gasteiger partial charge in [0.1, 0.15) is 0 Å². The van der Waals surface area contributed by atoms with Gasteiger partial charge < -0.3 is 15.4 Å². The molecule has 0 aliphatic rings. The Kier molecular flexibility index (Phi) is 5.76. The van der Waals surface area contributed by atoms with Crippen LogP contribution in [0.15, 0.2) is 18.2 Å². The second-order valence-corrected chi connectivity index (χ2v) is 5.51. The summed E-state index contributed by atoms with van der Waals surface area (Å²) >= 11 is 0. The van der Waals surface area contributed by atoms with Crippen LogP contribution in [0.4, 0.5) is 4.39 Å². The zero-order valence-corrected chi connectivity index (χ0v) is 12.4. The third kappa shape index (κ3) is 4.48. The van der Waals surface area contributed by atoms with Gasteiger partial charge in [0.05, 0.1) is 7.11 Å². The van der Waals surface area contributed by atoms with Crippen molar-refractivity contribution in [1.29, 1.82) is 0 Å². The fourth-order valence-corrected chi connectivity index (χ4v) is 2.15. The van der Waals surface area contributed by atoms with Crippen molar-refractivity contribution in [2.24, 2.45) is 11.1 Å². The number of rotatable bonds is 7. The van der Waals surface area contributed by atoms with Crippen LogP contribution in [0.3, 0.4) is 0 Å². The summed E-state index contributed by atoms with van der Waals surface area (Å²) in [6.07, 6.45) is 1.03. The Hall–Kier alpha value is -1.13. The molecule has 2 N–H and O–H groups in total. The molecule has 1 unspecified atom stereocenters. The highest BCUT2D eigenvalue weighted by Gasteiger charge is 2.22. The zero-order valence-electron chi connectivity index (χ0n) is 12.4. The minimum atomic E-state index is -0.314. The summed E-state index contributed by atoms with van der Waals surface area (Å²) in [7, 11) is 3.50. The number of ether oxygens (including phenoxy) is 1. The predicted octanol–water partition coefficient (Wildman–Crippen LogP) is 2.64. The van der Waals surface area contributed by atoms with E-state index in [2.05, 4.69) is 18.7 Å². The first-order valence-corrected chi connectivity index (χ1v) is 6.65. The van der Waals surface area contributed by atoms with E-state index in [0.29, 0.717) is 13.1 Å². The van der Waals surface area contributed by atoms with Crippen molar-refractivity contribution < 1.29 is 9.13 Å². The van der Waals surface area contributed by atoms with Gasteiger partial charge in [-0.1, -0.05) is 19.9 Å². The van der Waals surface area contributed by atoms with Crippen LogP contribution in [0.5, 0.6) is 5.75 Å². The van der Waals surface area contributed by atoms with E-state index in [1.165, 1.54) is 13.2 Å². The maximum atomic E-state index is 13.6. The first-order chi connectivity index (χ1) is 8.94. The molecule has 0 bridgehead atoms. The SMILES string of the molecule is CCC(C)(CN)CN(C)Cc1ccc(OC)c(F)c1. The maximum absolute atomic E-state index is 13.6. The summed E-state index contributed by atoms with van der Waals surface area (Å²) in [6.45, 7) is 6.58. The Balaban J connectivity index is 2.67. The molecule has 19 heavy (non-hydrogen) atoms. The van der Waals surface area contributed by atoms with Gasteiger partial charge in [-0.15, -0.1) is 0 Å². The molecular formula is C15H25FN2O. The first-order valence-electron chi connectivity index (χ1n) is 6.65. The molecule has 108 valence electrons. The second kappa shape index (κ2) is 6.87. The molecule has 1 aromatic rings. The van der Waals surface area contributed by atoms with E-state index in [9.17, 15) is 4.39 Å². The largest absolute Gasteiger partial charge is 0.494 e. The molecule has 1 atom stereocenters. The van der Waals surface area contributed by atoms with Gasteiger partial charge in [-0.05, 0) is 43.1 Å².